The molecular weight excluding hydrogens is 230 g/mol. The second-order valence-corrected chi connectivity index (χ2v) is 3.97. The number of hydrogen-bond acceptors (Lipinski definition) is 3. The predicted octanol–water partition coefficient (Wildman–Crippen LogP) is 0.626. The first-order valence-corrected chi connectivity index (χ1v) is 5.23. The smallest absolute Gasteiger partial charge is 0.241 e. The molecule has 1 saturated heterocycles. The second kappa shape index (κ2) is 4.77. The van der Waals surface area contributed by atoms with E-state index in [0.29, 0.717) is 13.0 Å². The van der Waals surface area contributed by atoms with Crippen LogP contribution < -0.4 is 10.6 Å². The minimum absolute atomic E-state index is 0.192. The van der Waals surface area contributed by atoms with Crippen molar-refractivity contribution in [3.8, 4) is 0 Å². The molecule has 1 aliphatic rings. The van der Waals surface area contributed by atoms with E-state index in [-0.39, 0.29) is 11.6 Å². The quantitative estimate of drug-likeness (QED) is 0.712. The number of nitrogens with one attached hydrogen (secondary N) is 2. The summed E-state index contributed by atoms with van der Waals surface area (Å²) < 4.78 is 25.5. The van der Waals surface area contributed by atoms with Crippen molar-refractivity contribution < 1.29 is 18.7 Å². The molecule has 1 amide bonds. The van der Waals surface area contributed by atoms with Gasteiger partial charge in [0.2, 0.25) is 5.91 Å². The molecule has 92 valence electrons. The van der Waals surface area contributed by atoms with Gasteiger partial charge in [-0.2, -0.15) is 0 Å². The van der Waals surface area contributed by atoms with Crippen LogP contribution in [0, 0.1) is 11.6 Å². The van der Waals surface area contributed by atoms with Gasteiger partial charge in [-0.05, 0) is 18.6 Å². The number of aliphatic hydroxyl groups excluding tert-OH is 1. The molecule has 1 fully saturated rings. The van der Waals surface area contributed by atoms with Crippen LogP contribution in [0.25, 0.3) is 0 Å². The average Bonchev–Trinajstić information content (AvgIpc) is 2.70. The fourth-order valence-corrected chi connectivity index (χ4v) is 1.72. The van der Waals surface area contributed by atoms with Gasteiger partial charge in [-0.1, -0.05) is 0 Å². The van der Waals surface area contributed by atoms with E-state index in [4.69, 9.17) is 0 Å². The number of anilines is 1. The van der Waals surface area contributed by atoms with Gasteiger partial charge in [-0.25, -0.2) is 8.78 Å². The Balaban J connectivity index is 2.00. The number of halogens is 2. The van der Waals surface area contributed by atoms with Crippen molar-refractivity contribution in [1.29, 1.82) is 0 Å². The maximum Gasteiger partial charge on any atom is 0.241 e. The van der Waals surface area contributed by atoms with E-state index in [1.54, 1.807) is 0 Å². The number of benzene rings is 1. The van der Waals surface area contributed by atoms with Crippen molar-refractivity contribution >= 4 is 11.6 Å². The molecule has 2 unspecified atom stereocenters. The van der Waals surface area contributed by atoms with Crippen molar-refractivity contribution in [2.45, 2.75) is 18.6 Å². The minimum atomic E-state index is -1.01. The Labute approximate surface area is 96.6 Å². The lowest BCUT2D eigenvalue weighted by molar-refractivity contribution is -0.117. The monoisotopic (exact) mass is 242 g/mol. The highest BCUT2D eigenvalue weighted by Crippen LogP contribution is 2.15. The molecule has 2 rings (SSSR count). The van der Waals surface area contributed by atoms with E-state index in [2.05, 4.69) is 10.6 Å². The van der Waals surface area contributed by atoms with Crippen molar-refractivity contribution in [2.75, 3.05) is 11.9 Å². The molecule has 0 radical (unpaired) electrons. The van der Waals surface area contributed by atoms with E-state index < -0.39 is 23.8 Å². The summed E-state index contributed by atoms with van der Waals surface area (Å²) in [5.41, 5.74) is 0.192. The molecule has 1 heterocycles. The summed E-state index contributed by atoms with van der Waals surface area (Å²) in [5, 5.41) is 14.5. The summed E-state index contributed by atoms with van der Waals surface area (Å²) >= 11 is 0. The van der Waals surface area contributed by atoms with Crippen LogP contribution in [0.15, 0.2) is 18.2 Å². The van der Waals surface area contributed by atoms with E-state index in [0.717, 1.165) is 12.1 Å². The molecule has 0 bridgehead atoms. The topological polar surface area (TPSA) is 61.4 Å². The zero-order chi connectivity index (χ0) is 12.4. The van der Waals surface area contributed by atoms with Gasteiger partial charge >= 0.3 is 0 Å². The number of aliphatic hydroxyl groups is 1. The molecule has 6 heteroatoms. The second-order valence-electron chi connectivity index (χ2n) is 3.97. The lowest BCUT2D eigenvalue weighted by Gasteiger charge is -2.11. The lowest BCUT2D eigenvalue weighted by Crippen LogP contribution is -2.35. The van der Waals surface area contributed by atoms with E-state index in [1.165, 1.54) is 6.07 Å². The Kier molecular flexibility index (Phi) is 3.35. The van der Waals surface area contributed by atoms with Crippen molar-refractivity contribution in [3.63, 3.8) is 0 Å². The van der Waals surface area contributed by atoms with Crippen molar-refractivity contribution in [3.05, 3.63) is 29.8 Å². The molecule has 1 aromatic rings. The number of amides is 1. The molecule has 0 aromatic heterocycles. The Hall–Kier alpha value is -1.53. The summed E-state index contributed by atoms with van der Waals surface area (Å²) in [6.45, 7) is 0.357. The van der Waals surface area contributed by atoms with Gasteiger partial charge in [0.25, 0.3) is 0 Å². The third kappa shape index (κ3) is 2.78. The van der Waals surface area contributed by atoms with Crippen LogP contribution in [0.1, 0.15) is 6.42 Å². The van der Waals surface area contributed by atoms with E-state index in [9.17, 15) is 18.7 Å². The van der Waals surface area contributed by atoms with Crippen LogP contribution in [0.4, 0.5) is 14.5 Å². The van der Waals surface area contributed by atoms with Gasteiger partial charge in [-0.3, -0.25) is 4.79 Å². The molecule has 1 aliphatic heterocycles. The van der Waals surface area contributed by atoms with E-state index >= 15 is 0 Å². The molecule has 2 atom stereocenters. The Bertz CT molecular complexity index is 439. The number of β-amino-alcohol motifs (C(OH)–C–C–N with tert-alkyl or cyclic N) is 1. The highest BCUT2D eigenvalue weighted by atomic mass is 19.2. The fourth-order valence-electron chi connectivity index (χ4n) is 1.72. The summed E-state index contributed by atoms with van der Waals surface area (Å²) in [7, 11) is 0. The molecule has 4 nitrogen and oxygen atoms in total. The van der Waals surface area contributed by atoms with Crippen LogP contribution in [0.3, 0.4) is 0 Å². The van der Waals surface area contributed by atoms with Gasteiger partial charge in [0.1, 0.15) is 0 Å². The SMILES string of the molecule is O=C(Nc1ccc(F)c(F)c1)C1CC(O)CN1. The molecule has 0 aliphatic carbocycles. The molecule has 17 heavy (non-hydrogen) atoms. The fraction of sp³-hybridized carbons (Fsp3) is 0.364. The lowest BCUT2D eigenvalue weighted by atomic mass is 10.2. The minimum Gasteiger partial charge on any atom is -0.392 e. The Morgan fingerprint density at radius 1 is 1.41 bits per heavy atom. The van der Waals surface area contributed by atoms with E-state index in [1.807, 2.05) is 0 Å². The molecule has 3 N–H and O–H groups in total. The van der Waals surface area contributed by atoms with Crippen LogP contribution in [0.2, 0.25) is 0 Å². The molecular formula is C11H12F2N2O2. The van der Waals surface area contributed by atoms with Gasteiger partial charge in [0.05, 0.1) is 12.1 Å². The third-order valence-corrected chi connectivity index (χ3v) is 2.61. The first kappa shape index (κ1) is 11.9. The molecule has 0 saturated carbocycles. The zero-order valence-electron chi connectivity index (χ0n) is 8.91. The van der Waals surface area contributed by atoms with Gasteiger partial charge < -0.3 is 15.7 Å². The highest BCUT2D eigenvalue weighted by molar-refractivity contribution is 5.95. The number of carbonyl (C=O) groups excluding carboxylic acids is 1. The zero-order valence-corrected chi connectivity index (χ0v) is 8.91. The number of carbonyl (C=O) groups is 1. The summed E-state index contributed by atoms with van der Waals surface area (Å²) in [6.07, 6.45) is -0.231. The number of hydrogen-bond donors (Lipinski definition) is 3. The van der Waals surface area contributed by atoms with Crippen LogP contribution in [-0.4, -0.2) is 29.7 Å². The highest BCUT2D eigenvalue weighted by Gasteiger charge is 2.28. The summed E-state index contributed by atoms with van der Waals surface area (Å²) in [6, 6.07) is 2.64. The van der Waals surface area contributed by atoms with Crippen molar-refractivity contribution in [2.24, 2.45) is 0 Å². The van der Waals surface area contributed by atoms with Crippen LogP contribution in [-0.2, 0) is 4.79 Å². The van der Waals surface area contributed by atoms with Gasteiger partial charge in [0.15, 0.2) is 11.6 Å². The third-order valence-electron chi connectivity index (χ3n) is 2.61. The Morgan fingerprint density at radius 2 is 2.18 bits per heavy atom. The predicted molar refractivity (Wildman–Crippen MR) is 57.4 cm³/mol. The van der Waals surface area contributed by atoms with Crippen LogP contribution >= 0.6 is 0 Å². The average molecular weight is 242 g/mol. The largest absolute Gasteiger partial charge is 0.392 e. The standard InChI is InChI=1S/C11H12F2N2O2/c12-8-2-1-6(3-9(8)13)15-11(17)10-4-7(16)5-14-10/h1-3,7,10,14,16H,4-5H2,(H,15,17). The molecule has 1 aromatic carbocycles. The molecule has 0 spiro atoms. The number of rotatable bonds is 2. The first-order valence-electron chi connectivity index (χ1n) is 5.23. The normalized spacial score (nSPS) is 23.7. The summed E-state index contributed by atoms with van der Waals surface area (Å²) in [5.74, 6) is -2.34. The van der Waals surface area contributed by atoms with Crippen LogP contribution in [0.5, 0.6) is 0 Å². The van der Waals surface area contributed by atoms with Gasteiger partial charge in [-0.15, -0.1) is 0 Å². The first-order chi connectivity index (χ1) is 8.06. The maximum atomic E-state index is 12.9. The van der Waals surface area contributed by atoms with Gasteiger partial charge in [0, 0.05) is 18.3 Å². The maximum absolute atomic E-state index is 12.9. The van der Waals surface area contributed by atoms with Crippen molar-refractivity contribution in [1.82, 2.24) is 5.32 Å². The Morgan fingerprint density at radius 3 is 2.76 bits per heavy atom. The summed E-state index contributed by atoms with van der Waals surface area (Å²) in [4.78, 5) is 11.7.